The van der Waals surface area contributed by atoms with E-state index in [9.17, 15) is 9.59 Å². The van der Waals surface area contributed by atoms with Crippen LogP contribution in [0.15, 0.2) is 66.7 Å². The molecule has 0 spiro atoms. The van der Waals surface area contributed by atoms with Crippen LogP contribution in [0.4, 0.5) is 0 Å². The second-order valence-electron chi connectivity index (χ2n) is 9.12. The summed E-state index contributed by atoms with van der Waals surface area (Å²) < 4.78 is 6.96. The van der Waals surface area contributed by atoms with Gasteiger partial charge >= 0.3 is 0 Å². The smallest absolute Gasteiger partial charge is 0.274 e. The number of benzene rings is 2. The molecular weight excluding hydrogens is 454 g/mol. The molecule has 0 aliphatic carbocycles. The van der Waals surface area contributed by atoms with Gasteiger partial charge in [-0.25, -0.2) is 0 Å². The second kappa shape index (κ2) is 10.8. The van der Waals surface area contributed by atoms with Crippen molar-refractivity contribution in [1.82, 2.24) is 24.5 Å². The lowest BCUT2D eigenvalue weighted by molar-refractivity contribution is 0.0639. The van der Waals surface area contributed by atoms with Gasteiger partial charge in [0.2, 0.25) is 0 Å². The standard InChI is InChI=1S/C28H31N5O3/c1-36-24-11-5-9-23(19-24)21-32-17-18-33-26(28(32)35)20-25(29-33)27(34)31-15-13-30(14-16-31)12-6-10-22-7-3-2-4-8-22/h2-11,19-20H,12-18,21H2,1H3/b10-6+. The summed E-state index contributed by atoms with van der Waals surface area (Å²) in [6.07, 6.45) is 4.29. The van der Waals surface area contributed by atoms with Crippen LogP contribution in [0.5, 0.6) is 5.75 Å². The quantitative estimate of drug-likeness (QED) is 0.515. The number of nitrogens with zero attached hydrogens (tertiary/aromatic N) is 5. The summed E-state index contributed by atoms with van der Waals surface area (Å²) in [6.45, 7) is 5.38. The molecule has 0 N–H and O–H groups in total. The molecule has 3 aromatic rings. The van der Waals surface area contributed by atoms with E-state index < -0.39 is 0 Å². The number of hydrogen-bond acceptors (Lipinski definition) is 5. The van der Waals surface area contributed by atoms with Gasteiger partial charge in [0.05, 0.1) is 13.7 Å². The van der Waals surface area contributed by atoms with Crippen LogP contribution in [-0.2, 0) is 13.1 Å². The number of hydrogen-bond donors (Lipinski definition) is 0. The van der Waals surface area contributed by atoms with E-state index in [0.717, 1.165) is 30.9 Å². The highest BCUT2D eigenvalue weighted by molar-refractivity contribution is 5.98. The average Bonchev–Trinajstić information content (AvgIpc) is 3.36. The minimum Gasteiger partial charge on any atom is -0.497 e. The molecule has 186 valence electrons. The zero-order valence-electron chi connectivity index (χ0n) is 20.5. The summed E-state index contributed by atoms with van der Waals surface area (Å²) in [7, 11) is 1.63. The van der Waals surface area contributed by atoms with E-state index in [1.165, 1.54) is 5.56 Å². The SMILES string of the molecule is COc1cccc(CN2CCn3nc(C(=O)N4CCN(C/C=C/c5ccccc5)CC4)cc3C2=O)c1. The van der Waals surface area contributed by atoms with Crippen LogP contribution < -0.4 is 4.74 Å². The first kappa shape index (κ1) is 23.8. The van der Waals surface area contributed by atoms with Gasteiger partial charge in [0.15, 0.2) is 5.69 Å². The van der Waals surface area contributed by atoms with Gasteiger partial charge < -0.3 is 14.5 Å². The first-order chi connectivity index (χ1) is 17.6. The molecule has 2 aliphatic heterocycles. The zero-order valence-corrected chi connectivity index (χ0v) is 20.5. The third-order valence-corrected chi connectivity index (χ3v) is 6.73. The summed E-state index contributed by atoms with van der Waals surface area (Å²) in [5.74, 6) is 0.552. The monoisotopic (exact) mass is 485 g/mol. The molecule has 0 unspecified atom stereocenters. The number of methoxy groups -OCH3 is 1. The summed E-state index contributed by atoms with van der Waals surface area (Å²) in [5.41, 5.74) is 3.01. The fourth-order valence-corrected chi connectivity index (χ4v) is 4.68. The van der Waals surface area contributed by atoms with Crippen LogP contribution in [0.2, 0.25) is 0 Å². The number of amides is 2. The van der Waals surface area contributed by atoms with Crippen molar-refractivity contribution in [3.8, 4) is 5.75 Å². The molecule has 5 rings (SSSR count). The van der Waals surface area contributed by atoms with Crippen LogP contribution in [0.25, 0.3) is 6.08 Å². The second-order valence-corrected chi connectivity index (χ2v) is 9.12. The molecule has 1 aromatic heterocycles. The van der Waals surface area contributed by atoms with Gasteiger partial charge in [0, 0.05) is 51.9 Å². The maximum atomic E-state index is 13.2. The number of carbonyl (C=O) groups excluding carboxylic acids is 2. The predicted molar refractivity (Wildman–Crippen MR) is 138 cm³/mol. The van der Waals surface area contributed by atoms with Gasteiger partial charge in [-0.15, -0.1) is 0 Å². The Hall–Kier alpha value is -3.91. The molecule has 2 amide bonds. The number of piperazine rings is 1. The van der Waals surface area contributed by atoms with Crippen LogP contribution in [-0.4, -0.2) is 82.7 Å². The van der Waals surface area contributed by atoms with Crippen LogP contribution in [0.1, 0.15) is 32.1 Å². The Kier molecular flexibility index (Phi) is 7.13. The molecule has 0 atom stereocenters. The van der Waals surface area contributed by atoms with E-state index in [-0.39, 0.29) is 11.8 Å². The third kappa shape index (κ3) is 5.33. The lowest BCUT2D eigenvalue weighted by Gasteiger charge is -2.33. The molecule has 36 heavy (non-hydrogen) atoms. The average molecular weight is 486 g/mol. The Morgan fingerprint density at radius 3 is 2.56 bits per heavy atom. The van der Waals surface area contributed by atoms with Gasteiger partial charge in [-0.1, -0.05) is 54.6 Å². The molecule has 8 heteroatoms. The number of fused-ring (bicyclic) bond motifs is 1. The zero-order chi connectivity index (χ0) is 24.9. The van der Waals surface area contributed by atoms with E-state index in [2.05, 4.69) is 34.3 Å². The molecule has 0 saturated carbocycles. The van der Waals surface area contributed by atoms with Crippen molar-refractivity contribution in [2.24, 2.45) is 0 Å². The Labute approximate surface area is 211 Å². The number of rotatable bonds is 7. The highest BCUT2D eigenvalue weighted by Gasteiger charge is 2.30. The van der Waals surface area contributed by atoms with E-state index in [1.54, 1.807) is 22.8 Å². The molecule has 0 radical (unpaired) electrons. The van der Waals surface area contributed by atoms with Crippen molar-refractivity contribution in [3.63, 3.8) is 0 Å². The van der Waals surface area contributed by atoms with Crippen molar-refractivity contribution in [2.75, 3.05) is 46.4 Å². The van der Waals surface area contributed by atoms with Crippen molar-refractivity contribution in [3.05, 3.63) is 89.3 Å². The van der Waals surface area contributed by atoms with Crippen molar-refractivity contribution in [1.29, 1.82) is 0 Å². The Morgan fingerprint density at radius 1 is 0.972 bits per heavy atom. The van der Waals surface area contributed by atoms with Crippen LogP contribution in [0, 0.1) is 0 Å². The summed E-state index contributed by atoms with van der Waals surface area (Å²) in [6, 6.07) is 19.6. The minimum atomic E-state index is -0.108. The Morgan fingerprint density at radius 2 is 1.78 bits per heavy atom. The number of ether oxygens (including phenoxy) is 1. The molecular formula is C28H31N5O3. The summed E-state index contributed by atoms with van der Waals surface area (Å²) in [4.78, 5) is 32.2. The predicted octanol–water partition coefficient (Wildman–Crippen LogP) is 3.02. The largest absolute Gasteiger partial charge is 0.497 e. The maximum Gasteiger partial charge on any atom is 0.274 e. The van der Waals surface area contributed by atoms with E-state index >= 15 is 0 Å². The van der Waals surface area contributed by atoms with Gasteiger partial charge in [0.1, 0.15) is 11.4 Å². The normalized spacial score (nSPS) is 16.4. The molecule has 2 aliphatic rings. The molecule has 1 fully saturated rings. The molecule has 3 heterocycles. The van der Waals surface area contributed by atoms with Crippen LogP contribution in [0.3, 0.4) is 0 Å². The Bertz CT molecular complexity index is 1250. The highest BCUT2D eigenvalue weighted by atomic mass is 16.5. The van der Waals surface area contributed by atoms with Crippen molar-refractivity contribution < 1.29 is 14.3 Å². The first-order valence-corrected chi connectivity index (χ1v) is 12.3. The van der Waals surface area contributed by atoms with E-state index in [0.29, 0.717) is 44.1 Å². The van der Waals surface area contributed by atoms with Crippen molar-refractivity contribution in [2.45, 2.75) is 13.1 Å². The third-order valence-electron chi connectivity index (χ3n) is 6.73. The Balaban J connectivity index is 1.16. The summed E-state index contributed by atoms with van der Waals surface area (Å²) in [5, 5.41) is 4.48. The van der Waals surface area contributed by atoms with Gasteiger partial charge in [0.25, 0.3) is 11.8 Å². The van der Waals surface area contributed by atoms with Crippen LogP contribution >= 0.6 is 0 Å². The maximum absolute atomic E-state index is 13.2. The molecule has 2 aromatic carbocycles. The lowest BCUT2D eigenvalue weighted by Crippen LogP contribution is -2.48. The number of carbonyl (C=O) groups is 2. The van der Waals surface area contributed by atoms with Crippen molar-refractivity contribution >= 4 is 17.9 Å². The van der Waals surface area contributed by atoms with Gasteiger partial charge in [-0.3, -0.25) is 19.2 Å². The fraction of sp³-hybridized carbons (Fsp3) is 0.321. The molecule has 1 saturated heterocycles. The number of aromatic nitrogens is 2. The van der Waals surface area contributed by atoms with Gasteiger partial charge in [-0.2, -0.15) is 5.10 Å². The fourth-order valence-electron chi connectivity index (χ4n) is 4.68. The van der Waals surface area contributed by atoms with E-state index in [1.807, 2.05) is 47.4 Å². The van der Waals surface area contributed by atoms with Gasteiger partial charge in [-0.05, 0) is 23.3 Å². The summed E-state index contributed by atoms with van der Waals surface area (Å²) >= 11 is 0. The molecule has 8 nitrogen and oxygen atoms in total. The first-order valence-electron chi connectivity index (χ1n) is 12.3. The van der Waals surface area contributed by atoms with E-state index in [4.69, 9.17) is 4.74 Å². The highest BCUT2D eigenvalue weighted by Crippen LogP contribution is 2.20. The lowest BCUT2D eigenvalue weighted by atomic mass is 10.1. The molecule has 0 bridgehead atoms. The minimum absolute atomic E-state index is 0.106. The topological polar surface area (TPSA) is 70.9 Å².